The van der Waals surface area contributed by atoms with Crippen molar-refractivity contribution >= 4 is 39.4 Å². The zero-order valence-corrected chi connectivity index (χ0v) is 13.6. The molecule has 21 heavy (non-hydrogen) atoms. The minimum absolute atomic E-state index is 0.200. The summed E-state index contributed by atoms with van der Waals surface area (Å²) >= 11 is 4.74. The fourth-order valence-electron chi connectivity index (χ4n) is 1.49. The van der Waals surface area contributed by atoms with Gasteiger partial charge in [0.05, 0.1) is 5.56 Å². The number of pyridine rings is 1. The van der Waals surface area contributed by atoms with Crippen LogP contribution >= 0.6 is 27.7 Å². The molecule has 1 aromatic carbocycles. The minimum Gasteiger partial charge on any atom is -0.454 e. The molecule has 2 rings (SSSR count). The van der Waals surface area contributed by atoms with Gasteiger partial charge in [-0.3, -0.25) is 4.79 Å². The molecule has 0 aliphatic carbocycles. The maximum absolute atomic E-state index is 12.0. The van der Waals surface area contributed by atoms with Crippen LogP contribution in [-0.2, 0) is 9.53 Å². The van der Waals surface area contributed by atoms with E-state index in [4.69, 9.17) is 4.74 Å². The van der Waals surface area contributed by atoms with Crippen LogP contribution in [-0.4, -0.2) is 23.3 Å². The van der Waals surface area contributed by atoms with Crippen LogP contribution in [0.3, 0.4) is 0 Å². The molecule has 4 nitrogen and oxygen atoms in total. The summed E-state index contributed by atoms with van der Waals surface area (Å²) in [5.74, 6) is -0.743. The summed E-state index contributed by atoms with van der Waals surface area (Å²) in [6.45, 7) is 1.14. The normalized spacial score (nSPS) is 10.2. The minimum atomic E-state index is -0.544. The summed E-state index contributed by atoms with van der Waals surface area (Å²) in [5, 5.41) is 0.549. The van der Waals surface area contributed by atoms with Gasteiger partial charge in [0.15, 0.2) is 5.78 Å². The lowest BCUT2D eigenvalue weighted by Gasteiger charge is -2.07. The van der Waals surface area contributed by atoms with Gasteiger partial charge in [0.1, 0.15) is 11.6 Å². The number of halogens is 1. The van der Waals surface area contributed by atoms with Crippen molar-refractivity contribution in [3.8, 4) is 0 Å². The first-order valence-corrected chi connectivity index (χ1v) is 7.72. The Morgan fingerprint density at radius 2 is 1.95 bits per heavy atom. The van der Waals surface area contributed by atoms with Gasteiger partial charge in [-0.05, 0) is 43.3 Å². The van der Waals surface area contributed by atoms with Crippen molar-refractivity contribution < 1.29 is 14.3 Å². The van der Waals surface area contributed by atoms with Crippen molar-refractivity contribution in [2.24, 2.45) is 0 Å². The lowest BCUT2D eigenvalue weighted by atomic mass is 10.3. The number of aromatic nitrogens is 1. The number of carbonyl (C=O) groups excluding carboxylic acids is 2. The summed E-state index contributed by atoms with van der Waals surface area (Å²) in [6.07, 6.45) is 1.61. The van der Waals surface area contributed by atoms with Crippen molar-refractivity contribution in [1.29, 1.82) is 0 Å². The number of Topliss-reactive ketones (excluding diaryl/α,β-unsaturated/α-hetero) is 1. The number of rotatable bonds is 5. The summed E-state index contributed by atoms with van der Waals surface area (Å²) in [6, 6.07) is 11.0. The van der Waals surface area contributed by atoms with E-state index in [0.717, 1.165) is 9.37 Å². The zero-order chi connectivity index (χ0) is 15.2. The highest BCUT2D eigenvalue weighted by Crippen LogP contribution is 2.29. The molecule has 0 fully saturated rings. The molecule has 6 heteroatoms. The van der Waals surface area contributed by atoms with Gasteiger partial charge in [-0.25, -0.2) is 9.78 Å². The van der Waals surface area contributed by atoms with Gasteiger partial charge in [0.2, 0.25) is 0 Å². The molecule has 1 aromatic heterocycles. The molecular formula is C15H12BrNO3S. The van der Waals surface area contributed by atoms with E-state index in [9.17, 15) is 9.59 Å². The predicted octanol–water partition coefficient (Wildman–Crippen LogP) is 3.74. The van der Waals surface area contributed by atoms with Gasteiger partial charge in [0.25, 0.3) is 0 Å². The fourth-order valence-corrected chi connectivity index (χ4v) is 2.62. The number of esters is 1. The average molecular weight is 366 g/mol. The van der Waals surface area contributed by atoms with Gasteiger partial charge in [-0.2, -0.15) is 0 Å². The topological polar surface area (TPSA) is 56.3 Å². The standard InChI is InChI=1S/C15H12BrNO3S/c1-10(18)9-20-15(19)13-3-2-8-17-14(13)21-12-6-4-11(16)5-7-12/h2-8H,9H2,1H3. The van der Waals surface area contributed by atoms with E-state index >= 15 is 0 Å². The van der Waals surface area contributed by atoms with Crippen LogP contribution in [0.25, 0.3) is 0 Å². The Morgan fingerprint density at radius 3 is 2.62 bits per heavy atom. The molecule has 0 unspecified atom stereocenters. The molecule has 0 saturated heterocycles. The van der Waals surface area contributed by atoms with E-state index in [1.54, 1.807) is 18.3 Å². The molecule has 0 spiro atoms. The first kappa shape index (κ1) is 15.7. The molecule has 0 aliphatic heterocycles. The van der Waals surface area contributed by atoms with Crippen LogP contribution in [0.1, 0.15) is 17.3 Å². The molecule has 108 valence electrons. The van der Waals surface area contributed by atoms with Crippen LogP contribution in [0.5, 0.6) is 0 Å². The Kier molecular flexibility index (Phi) is 5.52. The highest BCUT2D eigenvalue weighted by atomic mass is 79.9. The van der Waals surface area contributed by atoms with Gasteiger partial charge < -0.3 is 4.74 Å². The number of carbonyl (C=O) groups is 2. The smallest absolute Gasteiger partial charge is 0.341 e. The largest absolute Gasteiger partial charge is 0.454 e. The number of hydrogen-bond acceptors (Lipinski definition) is 5. The summed E-state index contributed by atoms with van der Waals surface area (Å²) < 4.78 is 5.92. The molecule has 0 saturated carbocycles. The Bertz CT molecular complexity index is 658. The average Bonchev–Trinajstić information content (AvgIpc) is 2.48. The molecule has 0 bridgehead atoms. The number of nitrogens with zero attached hydrogens (tertiary/aromatic N) is 1. The Labute approximate surface area is 135 Å². The Morgan fingerprint density at radius 1 is 1.24 bits per heavy atom. The maximum atomic E-state index is 12.0. The van der Waals surface area contributed by atoms with Crippen molar-refractivity contribution in [2.75, 3.05) is 6.61 Å². The Balaban J connectivity index is 2.18. The van der Waals surface area contributed by atoms with Crippen molar-refractivity contribution in [3.63, 3.8) is 0 Å². The van der Waals surface area contributed by atoms with E-state index in [-0.39, 0.29) is 12.4 Å². The summed E-state index contributed by atoms with van der Waals surface area (Å²) in [7, 11) is 0. The van der Waals surface area contributed by atoms with Gasteiger partial charge in [-0.15, -0.1) is 0 Å². The first-order chi connectivity index (χ1) is 10.1. The fraction of sp³-hybridized carbons (Fsp3) is 0.133. The van der Waals surface area contributed by atoms with Gasteiger partial charge in [0, 0.05) is 15.6 Å². The third kappa shape index (κ3) is 4.68. The molecule has 1 heterocycles. The van der Waals surface area contributed by atoms with Crippen molar-refractivity contribution in [1.82, 2.24) is 4.98 Å². The number of ether oxygens (including phenoxy) is 1. The highest BCUT2D eigenvalue weighted by molar-refractivity contribution is 9.10. The number of hydrogen-bond donors (Lipinski definition) is 0. The molecule has 0 atom stereocenters. The SMILES string of the molecule is CC(=O)COC(=O)c1cccnc1Sc1ccc(Br)cc1. The molecule has 0 radical (unpaired) electrons. The second-order valence-corrected chi connectivity index (χ2v) is 6.17. The maximum Gasteiger partial charge on any atom is 0.341 e. The van der Waals surface area contributed by atoms with Crippen LogP contribution in [0, 0.1) is 0 Å². The van der Waals surface area contributed by atoms with Crippen LogP contribution in [0.4, 0.5) is 0 Å². The number of benzene rings is 1. The zero-order valence-electron chi connectivity index (χ0n) is 11.2. The quantitative estimate of drug-likeness (QED) is 0.755. The Hall–Kier alpha value is -1.66. The van der Waals surface area contributed by atoms with Crippen LogP contribution < -0.4 is 0 Å². The van der Waals surface area contributed by atoms with E-state index in [1.807, 2.05) is 24.3 Å². The molecular weight excluding hydrogens is 354 g/mol. The van der Waals surface area contributed by atoms with Gasteiger partial charge in [-0.1, -0.05) is 27.7 Å². The summed E-state index contributed by atoms with van der Waals surface area (Å²) in [4.78, 5) is 28.0. The molecule has 2 aromatic rings. The third-order valence-electron chi connectivity index (χ3n) is 2.43. The van der Waals surface area contributed by atoms with Crippen molar-refractivity contribution in [2.45, 2.75) is 16.8 Å². The monoisotopic (exact) mass is 365 g/mol. The van der Waals surface area contributed by atoms with Gasteiger partial charge >= 0.3 is 5.97 Å². The van der Waals surface area contributed by atoms with E-state index < -0.39 is 5.97 Å². The third-order valence-corrected chi connectivity index (χ3v) is 3.98. The second-order valence-electron chi connectivity index (χ2n) is 4.19. The van der Waals surface area contributed by atoms with Crippen LogP contribution in [0.2, 0.25) is 0 Å². The highest BCUT2D eigenvalue weighted by Gasteiger charge is 2.15. The van der Waals surface area contributed by atoms with E-state index in [0.29, 0.717) is 10.6 Å². The second kappa shape index (κ2) is 7.38. The molecule has 0 N–H and O–H groups in total. The lowest BCUT2D eigenvalue weighted by molar-refractivity contribution is -0.120. The first-order valence-electron chi connectivity index (χ1n) is 6.11. The van der Waals surface area contributed by atoms with Crippen molar-refractivity contribution in [3.05, 3.63) is 52.6 Å². The number of ketones is 1. The predicted molar refractivity (Wildman–Crippen MR) is 83.5 cm³/mol. The molecule has 0 amide bonds. The van der Waals surface area contributed by atoms with E-state index in [1.165, 1.54) is 18.7 Å². The molecule has 0 aliphatic rings. The van der Waals surface area contributed by atoms with Crippen LogP contribution in [0.15, 0.2) is 57.0 Å². The summed E-state index contributed by atoms with van der Waals surface area (Å²) in [5.41, 5.74) is 0.353. The lowest BCUT2D eigenvalue weighted by Crippen LogP contribution is -2.12. The van der Waals surface area contributed by atoms with E-state index in [2.05, 4.69) is 20.9 Å².